The Labute approximate surface area is 70.4 Å². The molecule has 64 valence electrons. The molecule has 0 aliphatic heterocycles. The molecule has 0 rings (SSSR count). The second kappa shape index (κ2) is 5.14. The molecular weight excluding hydrogens is 134 g/mol. The minimum Gasteiger partial charge on any atom is -0.305 e. The summed E-state index contributed by atoms with van der Waals surface area (Å²) in [6.07, 6.45) is 3.08. The van der Waals surface area contributed by atoms with Gasteiger partial charge in [0.15, 0.2) is 0 Å². The molecule has 0 aliphatic rings. The average Bonchev–Trinajstić information content (AvgIpc) is 1.98. The van der Waals surface area contributed by atoms with Crippen LogP contribution in [0.1, 0.15) is 20.3 Å². The molecule has 0 aromatic carbocycles. The fourth-order valence-corrected chi connectivity index (χ4v) is 0.941. The van der Waals surface area contributed by atoms with E-state index in [2.05, 4.69) is 39.4 Å². The summed E-state index contributed by atoms with van der Waals surface area (Å²) in [7, 11) is 4.15. The second-order valence-corrected chi connectivity index (χ2v) is 3.10. The van der Waals surface area contributed by atoms with E-state index >= 15 is 0 Å². The van der Waals surface area contributed by atoms with Gasteiger partial charge in [0.2, 0.25) is 0 Å². The highest BCUT2D eigenvalue weighted by molar-refractivity contribution is 5.23. The van der Waals surface area contributed by atoms with Crippen molar-refractivity contribution < 1.29 is 0 Å². The van der Waals surface area contributed by atoms with E-state index in [-0.39, 0.29) is 0 Å². The zero-order valence-corrected chi connectivity index (χ0v) is 8.15. The van der Waals surface area contributed by atoms with Crippen LogP contribution in [0.15, 0.2) is 23.8 Å². The molecule has 0 aromatic heterocycles. The molecule has 0 saturated carbocycles. The highest BCUT2D eigenvalue weighted by Crippen LogP contribution is 2.09. The van der Waals surface area contributed by atoms with Gasteiger partial charge in [-0.25, -0.2) is 0 Å². The topological polar surface area (TPSA) is 3.24 Å². The Morgan fingerprint density at radius 3 is 2.27 bits per heavy atom. The number of nitrogens with zero attached hydrogens (tertiary/aromatic N) is 1. The third-order valence-corrected chi connectivity index (χ3v) is 1.81. The van der Waals surface area contributed by atoms with Crippen molar-refractivity contribution in [3.8, 4) is 0 Å². The van der Waals surface area contributed by atoms with E-state index in [1.54, 1.807) is 0 Å². The van der Waals surface area contributed by atoms with Gasteiger partial charge in [0.05, 0.1) is 0 Å². The highest BCUT2D eigenvalue weighted by Gasteiger charge is 1.97. The van der Waals surface area contributed by atoms with Gasteiger partial charge in [0.25, 0.3) is 0 Å². The predicted octanol–water partition coefficient (Wildman–Crippen LogP) is 2.46. The molecule has 0 amide bonds. The van der Waals surface area contributed by atoms with Gasteiger partial charge in [-0.2, -0.15) is 0 Å². The van der Waals surface area contributed by atoms with E-state index in [1.165, 1.54) is 11.1 Å². The third-order valence-electron chi connectivity index (χ3n) is 1.81. The minimum absolute atomic E-state index is 1.00. The van der Waals surface area contributed by atoms with Gasteiger partial charge in [-0.15, -0.1) is 0 Å². The number of rotatable bonds is 4. The molecule has 0 radical (unpaired) electrons. The predicted molar refractivity (Wildman–Crippen MR) is 51.7 cm³/mol. The molecule has 11 heavy (non-hydrogen) atoms. The molecule has 0 fully saturated rings. The van der Waals surface area contributed by atoms with Gasteiger partial charge in [0, 0.05) is 6.54 Å². The first kappa shape index (κ1) is 10.4. The van der Waals surface area contributed by atoms with Crippen LogP contribution in [0.2, 0.25) is 0 Å². The molecular formula is C10H19N. The maximum atomic E-state index is 3.80. The Morgan fingerprint density at radius 1 is 1.45 bits per heavy atom. The molecule has 0 spiro atoms. The van der Waals surface area contributed by atoms with Gasteiger partial charge in [-0.05, 0) is 33.0 Å². The van der Waals surface area contributed by atoms with Crippen LogP contribution in [0, 0.1) is 0 Å². The number of allylic oxidation sites excluding steroid dienone is 1. The molecule has 0 heterocycles. The van der Waals surface area contributed by atoms with Crippen LogP contribution in [0.25, 0.3) is 0 Å². The normalized spacial score (nSPS) is 13.2. The Morgan fingerprint density at radius 2 is 2.00 bits per heavy atom. The molecule has 1 heteroatoms. The zero-order valence-electron chi connectivity index (χ0n) is 8.15. The third kappa shape index (κ3) is 3.99. The van der Waals surface area contributed by atoms with Gasteiger partial charge in [-0.3, -0.25) is 0 Å². The van der Waals surface area contributed by atoms with Gasteiger partial charge in [0.1, 0.15) is 0 Å². The lowest BCUT2D eigenvalue weighted by Crippen LogP contribution is -2.15. The SMILES string of the molecule is C=C/C(CN(C)C)=C(/C)CC. The standard InChI is InChI=1S/C10H19N/c1-6-9(3)10(7-2)8-11(4)5/h7H,2,6,8H2,1,3-5H3/b10-9+. The van der Waals surface area contributed by atoms with Crippen LogP contribution >= 0.6 is 0 Å². The fraction of sp³-hybridized carbons (Fsp3) is 0.600. The summed E-state index contributed by atoms with van der Waals surface area (Å²) < 4.78 is 0. The summed E-state index contributed by atoms with van der Waals surface area (Å²) >= 11 is 0. The van der Waals surface area contributed by atoms with E-state index in [1.807, 2.05) is 6.08 Å². The van der Waals surface area contributed by atoms with Crippen molar-refractivity contribution in [2.75, 3.05) is 20.6 Å². The Balaban J connectivity index is 4.26. The summed E-state index contributed by atoms with van der Waals surface area (Å²) in [5.74, 6) is 0. The van der Waals surface area contributed by atoms with E-state index < -0.39 is 0 Å². The van der Waals surface area contributed by atoms with Crippen LogP contribution in [0.5, 0.6) is 0 Å². The van der Waals surface area contributed by atoms with Gasteiger partial charge < -0.3 is 4.90 Å². The molecule has 0 saturated heterocycles. The first-order chi connectivity index (χ1) is 5.11. The summed E-state index contributed by atoms with van der Waals surface area (Å²) in [5.41, 5.74) is 2.80. The largest absolute Gasteiger partial charge is 0.305 e. The number of hydrogen-bond donors (Lipinski definition) is 0. The van der Waals surface area contributed by atoms with Crippen molar-refractivity contribution in [3.63, 3.8) is 0 Å². The molecule has 0 aromatic rings. The monoisotopic (exact) mass is 153 g/mol. The molecule has 0 unspecified atom stereocenters. The van der Waals surface area contributed by atoms with Crippen molar-refractivity contribution in [2.45, 2.75) is 20.3 Å². The minimum atomic E-state index is 1.00. The van der Waals surface area contributed by atoms with Crippen molar-refractivity contribution in [2.24, 2.45) is 0 Å². The fourth-order valence-electron chi connectivity index (χ4n) is 0.941. The number of hydrogen-bond acceptors (Lipinski definition) is 1. The maximum Gasteiger partial charge on any atom is 0.0226 e. The Bertz CT molecular complexity index is 154. The smallest absolute Gasteiger partial charge is 0.0226 e. The first-order valence-corrected chi connectivity index (χ1v) is 4.07. The first-order valence-electron chi connectivity index (χ1n) is 4.07. The van der Waals surface area contributed by atoms with E-state index in [0.29, 0.717) is 0 Å². The van der Waals surface area contributed by atoms with E-state index in [9.17, 15) is 0 Å². The van der Waals surface area contributed by atoms with Crippen LogP contribution in [-0.2, 0) is 0 Å². The molecule has 0 bridgehead atoms. The molecule has 0 aliphatic carbocycles. The van der Waals surface area contributed by atoms with Crippen LogP contribution in [-0.4, -0.2) is 25.5 Å². The van der Waals surface area contributed by atoms with Crippen LogP contribution < -0.4 is 0 Å². The Hall–Kier alpha value is -0.560. The summed E-state index contributed by atoms with van der Waals surface area (Å²) in [6.45, 7) is 9.14. The zero-order chi connectivity index (χ0) is 8.85. The highest BCUT2D eigenvalue weighted by atomic mass is 15.0. The van der Waals surface area contributed by atoms with Crippen LogP contribution in [0.4, 0.5) is 0 Å². The van der Waals surface area contributed by atoms with E-state index in [4.69, 9.17) is 0 Å². The van der Waals surface area contributed by atoms with Crippen molar-refractivity contribution in [1.29, 1.82) is 0 Å². The van der Waals surface area contributed by atoms with Crippen molar-refractivity contribution >= 4 is 0 Å². The van der Waals surface area contributed by atoms with Crippen molar-refractivity contribution in [3.05, 3.63) is 23.8 Å². The lowest BCUT2D eigenvalue weighted by atomic mass is 10.1. The van der Waals surface area contributed by atoms with Gasteiger partial charge in [-0.1, -0.05) is 25.2 Å². The second-order valence-electron chi connectivity index (χ2n) is 3.10. The summed E-state index contributed by atoms with van der Waals surface area (Å²) in [4.78, 5) is 2.16. The number of likely N-dealkylation sites (N-methyl/N-ethyl adjacent to an activating group) is 1. The molecule has 0 atom stereocenters. The lowest BCUT2D eigenvalue weighted by molar-refractivity contribution is 0.447. The molecule has 1 nitrogen and oxygen atoms in total. The Kier molecular flexibility index (Phi) is 4.88. The van der Waals surface area contributed by atoms with E-state index in [0.717, 1.165) is 13.0 Å². The average molecular weight is 153 g/mol. The van der Waals surface area contributed by atoms with Crippen LogP contribution in [0.3, 0.4) is 0 Å². The lowest BCUT2D eigenvalue weighted by Gasteiger charge is -2.12. The summed E-state index contributed by atoms with van der Waals surface area (Å²) in [5, 5.41) is 0. The maximum absolute atomic E-state index is 3.80. The molecule has 0 N–H and O–H groups in total. The summed E-state index contributed by atoms with van der Waals surface area (Å²) in [6, 6.07) is 0. The van der Waals surface area contributed by atoms with Crippen molar-refractivity contribution in [1.82, 2.24) is 4.90 Å². The quantitative estimate of drug-likeness (QED) is 0.561. The van der Waals surface area contributed by atoms with Gasteiger partial charge >= 0.3 is 0 Å².